The Kier molecular flexibility index (Phi) is 3.79. The number of nitrogens with two attached hydrogens (primary N) is 1. The first-order chi connectivity index (χ1) is 7.06. The fraction of sp³-hybridized carbons (Fsp3) is 0.667. The lowest BCUT2D eigenvalue weighted by molar-refractivity contribution is -0.140. The van der Waals surface area contributed by atoms with Crippen molar-refractivity contribution in [2.45, 2.75) is 38.6 Å². The lowest BCUT2D eigenvalue weighted by Crippen LogP contribution is -2.47. The maximum atomic E-state index is 11.6. The predicted octanol–water partition coefficient (Wildman–Crippen LogP) is 0.618. The average molecular weight is 212 g/mol. The molecule has 15 heavy (non-hydrogen) atoms. The molecule has 84 valence electrons. The number of aromatic amines is 1. The minimum Gasteiger partial charge on any atom is -0.403 e. The van der Waals surface area contributed by atoms with Gasteiger partial charge < -0.3 is 10.5 Å². The van der Waals surface area contributed by atoms with E-state index in [1.54, 1.807) is 6.92 Å². The highest BCUT2D eigenvalue weighted by atomic mass is 16.5. The maximum absolute atomic E-state index is 11.6. The highest BCUT2D eigenvalue weighted by Gasteiger charge is 2.30. The van der Waals surface area contributed by atoms with E-state index in [2.05, 4.69) is 15.4 Å². The molecule has 1 aromatic heterocycles. The molecule has 0 spiro atoms. The van der Waals surface area contributed by atoms with Crippen LogP contribution in [-0.2, 0) is 4.79 Å². The number of carbonyl (C=O) groups is 1. The number of hydrogen-bond donors (Lipinski definition) is 2. The van der Waals surface area contributed by atoms with Crippen molar-refractivity contribution in [2.24, 2.45) is 5.73 Å². The highest BCUT2D eigenvalue weighted by molar-refractivity contribution is 5.81. The van der Waals surface area contributed by atoms with Crippen molar-refractivity contribution in [1.82, 2.24) is 15.4 Å². The summed E-state index contributed by atoms with van der Waals surface area (Å²) in [5, 5.41) is 9.42. The van der Waals surface area contributed by atoms with Crippen molar-refractivity contribution in [3.8, 4) is 5.88 Å². The molecule has 0 bridgehead atoms. The molecular weight excluding hydrogens is 196 g/mol. The van der Waals surface area contributed by atoms with E-state index >= 15 is 0 Å². The molecule has 0 aliphatic heterocycles. The van der Waals surface area contributed by atoms with Gasteiger partial charge in [-0.1, -0.05) is 30.1 Å². The largest absolute Gasteiger partial charge is 0.403 e. The molecular formula is C9H16N4O2. The summed E-state index contributed by atoms with van der Waals surface area (Å²) >= 11 is 0. The molecule has 1 heterocycles. The summed E-state index contributed by atoms with van der Waals surface area (Å²) in [6.45, 7) is 3.70. The normalized spacial score (nSPS) is 14.6. The zero-order valence-electron chi connectivity index (χ0n) is 8.99. The Morgan fingerprint density at radius 1 is 1.73 bits per heavy atom. The minimum atomic E-state index is -0.963. The number of rotatable bonds is 5. The quantitative estimate of drug-likeness (QED) is 0.698. The first kappa shape index (κ1) is 11.6. The Hall–Kier alpha value is -1.43. The lowest BCUT2D eigenvalue weighted by atomic mass is 9.97. The third kappa shape index (κ3) is 3.32. The van der Waals surface area contributed by atoms with Crippen molar-refractivity contribution in [1.29, 1.82) is 0 Å². The molecule has 0 aliphatic rings. The smallest absolute Gasteiger partial charge is 0.332 e. The van der Waals surface area contributed by atoms with Crippen molar-refractivity contribution < 1.29 is 9.53 Å². The molecule has 0 radical (unpaired) electrons. The average Bonchev–Trinajstić information content (AvgIpc) is 2.67. The summed E-state index contributed by atoms with van der Waals surface area (Å²) in [7, 11) is 0. The van der Waals surface area contributed by atoms with Crippen LogP contribution >= 0.6 is 0 Å². The fourth-order valence-electron chi connectivity index (χ4n) is 1.10. The number of hydrogen-bond acceptors (Lipinski definition) is 5. The summed E-state index contributed by atoms with van der Waals surface area (Å²) < 4.78 is 4.95. The lowest BCUT2D eigenvalue weighted by Gasteiger charge is -2.20. The number of ether oxygens (including phenoxy) is 1. The Morgan fingerprint density at radius 3 is 3.00 bits per heavy atom. The number of unbranched alkanes of at least 4 members (excludes halogenated alkanes) is 1. The molecule has 1 unspecified atom stereocenters. The van der Waals surface area contributed by atoms with Crippen LogP contribution in [0.15, 0.2) is 6.20 Å². The zero-order chi connectivity index (χ0) is 11.3. The van der Waals surface area contributed by atoms with Crippen LogP contribution in [0.5, 0.6) is 5.88 Å². The van der Waals surface area contributed by atoms with Crippen LogP contribution in [0.2, 0.25) is 0 Å². The number of H-pyrrole nitrogens is 1. The third-order valence-electron chi connectivity index (χ3n) is 2.11. The van der Waals surface area contributed by atoms with Gasteiger partial charge >= 0.3 is 5.97 Å². The van der Waals surface area contributed by atoms with E-state index < -0.39 is 11.5 Å². The first-order valence-electron chi connectivity index (χ1n) is 4.94. The van der Waals surface area contributed by atoms with Crippen molar-refractivity contribution in [3.05, 3.63) is 6.20 Å². The Bertz CT molecular complexity index is 308. The van der Waals surface area contributed by atoms with Gasteiger partial charge in [-0.25, -0.2) is 4.79 Å². The predicted molar refractivity (Wildman–Crippen MR) is 54.1 cm³/mol. The van der Waals surface area contributed by atoms with Gasteiger partial charge in [-0.15, -0.1) is 0 Å². The maximum Gasteiger partial charge on any atom is 0.332 e. The van der Waals surface area contributed by atoms with Gasteiger partial charge in [-0.3, -0.25) is 5.10 Å². The van der Waals surface area contributed by atoms with Gasteiger partial charge in [0, 0.05) is 0 Å². The number of nitrogens with zero attached hydrogens (tertiary/aromatic N) is 2. The van der Waals surface area contributed by atoms with E-state index in [1.165, 1.54) is 6.20 Å². The highest BCUT2D eigenvalue weighted by Crippen LogP contribution is 2.14. The van der Waals surface area contributed by atoms with Gasteiger partial charge in [-0.2, -0.15) is 0 Å². The molecule has 6 nitrogen and oxygen atoms in total. The van der Waals surface area contributed by atoms with E-state index in [0.717, 1.165) is 12.8 Å². The molecule has 0 aromatic carbocycles. The van der Waals surface area contributed by atoms with Gasteiger partial charge in [0.25, 0.3) is 5.88 Å². The van der Waals surface area contributed by atoms with Crippen LogP contribution in [0.4, 0.5) is 0 Å². The summed E-state index contributed by atoms with van der Waals surface area (Å²) in [5.41, 5.74) is 4.87. The van der Waals surface area contributed by atoms with Crippen LogP contribution in [-0.4, -0.2) is 26.9 Å². The molecule has 0 amide bonds. The standard InChI is InChI=1S/C9H16N4O2/c1-3-4-5-9(2,10)8(14)15-7-6-11-13-12-7/h6H,3-5,10H2,1-2H3,(H,11,12,13). The number of nitrogens with one attached hydrogen (secondary N) is 1. The van der Waals surface area contributed by atoms with Gasteiger partial charge in [0.15, 0.2) is 0 Å². The molecule has 1 aromatic rings. The zero-order valence-corrected chi connectivity index (χ0v) is 8.99. The Morgan fingerprint density at radius 2 is 2.47 bits per heavy atom. The van der Waals surface area contributed by atoms with Crippen LogP contribution in [0.1, 0.15) is 33.1 Å². The van der Waals surface area contributed by atoms with Gasteiger partial charge in [0.2, 0.25) is 0 Å². The molecule has 1 atom stereocenters. The molecule has 1 rings (SSSR count). The Labute approximate surface area is 88.2 Å². The third-order valence-corrected chi connectivity index (χ3v) is 2.11. The van der Waals surface area contributed by atoms with Gasteiger partial charge in [0.1, 0.15) is 5.54 Å². The second kappa shape index (κ2) is 4.88. The summed E-state index contributed by atoms with van der Waals surface area (Å²) in [5.74, 6) is -0.335. The Balaban J connectivity index is 2.52. The topological polar surface area (TPSA) is 93.9 Å². The number of carbonyl (C=O) groups excluding carboxylic acids is 1. The molecule has 0 aliphatic carbocycles. The van der Waals surface area contributed by atoms with E-state index in [0.29, 0.717) is 6.42 Å². The number of aromatic nitrogens is 3. The second-order valence-electron chi connectivity index (χ2n) is 3.72. The van der Waals surface area contributed by atoms with E-state index in [9.17, 15) is 4.79 Å². The summed E-state index contributed by atoms with van der Waals surface area (Å²) in [6.07, 6.45) is 3.87. The van der Waals surface area contributed by atoms with E-state index in [-0.39, 0.29) is 5.88 Å². The van der Waals surface area contributed by atoms with Crippen molar-refractivity contribution in [2.75, 3.05) is 0 Å². The molecule has 0 saturated heterocycles. The minimum absolute atomic E-state index is 0.146. The first-order valence-corrected chi connectivity index (χ1v) is 4.94. The monoisotopic (exact) mass is 212 g/mol. The second-order valence-corrected chi connectivity index (χ2v) is 3.72. The SMILES string of the molecule is CCCCC(C)(N)C(=O)Oc1c[nH]nn1. The molecule has 0 fully saturated rings. The van der Waals surface area contributed by atoms with Crippen LogP contribution < -0.4 is 10.5 Å². The summed E-state index contributed by atoms with van der Waals surface area (Å²) in [6, 6.07) is 0. The summed E-state index contributed by atoms with van der Waals surface area (Å²) in [4.78, 5) is 11.6. The van der Waals surface area contributed by atoms with E-state index in [4.69, 9.17) is 10.5 Å². The van der Waals surface area contributed by atoms with E-state index in [1.807, 2.05) is 6.92 Å². The van der Waals surface area contributed by atoms with Crippen molar-refractivity contribution >= 4 is 5.97 Å². The van der Waals surface area contributed by atoms with Crippen LogP contribution in [0.25, 0.3) is 0 Å². The van der Waals surface area contributed by atoms with Crippen molar-refractivity contribution in [3.63, 3.8) is 0 Å². The number of esters is 1. The van der Waals surface area contributed by atoms with Gasteiger partial charge in [-0.05, 0) is 13.3 Å². The van der Waals surface area contributed by atoms with Crippen LogP contribution in [0, 0.1) is 0 Å². The van der Waals surface area contributed by atoms with Crippen LogP contribution in [0.3, 0.4) is 0 Å². The molecule has 6 heteroatoms. The molecule has 3 N–H and O–H groups in total. The molecule has 0 saturated carbocycles. The van der Waals surface area contributed by atoms with Gasteiger partial charge in [0.05, 0.1) is 6.20 Å². The fourth-order valence-corrected chi connectivity index (χ4v) is 1.10.